The van der Waals surface area contributed by atoms with E-state index in [4.69, 9.17) is 14.2 Å². The first kappa shape index (κ1) is 20.0. The van der Waals surface area contributed by atoms with Crippen LogP contribution in [0.25, 0.3) is 0 Å². The molecule has 0 aliphatic heterocycles. The predicted octanol–water partition coefficient (Wildman–Crippen LogP) is 3.45. The second-order valence-corrected chi connectivity index (χ2v) is 6.56. The zero-order valence-corrected chi connectivity index (χ0v) is 15.5. The molecule has 1 amide bonds. The van der Waals surface area contributed by atoms with Crippen LogP contribution in [0, 0.1) is 19.3 Å². The number of benzene rings is 1. The van der Waals surface area contributed by atoms with Crippen molar-refractivity contribution in [3.63, 3.8) is 0 Å². The fourth-order valence-corrected chi connectivity index (χ4v) is 2.13. The van der Waals surface area contributed by atoms with Crippen molar-refractivity contribution >= 4 is 17.6 Å². The molecule has 1 rings (SSSR count). The lowest BCUT2D eigenvalue weighted by Crippen LogP contribution is -2.29. The molecule has 6 heteroatoms. The van der Waals surface area contributed by atoms with Crippen molar-refractivity contribution in [3.05, 3.63) is 22.8 Å². The van der Waals surface area contributed by atoms with Crippen LogP contribution in [0.5, 0.6) is 5.75 Å². The lowest BCUT2D eigenvalue weighted by molar-refractivity contribution is -0.123. The van der Waals surface area contributed by atoms with Crippen molar-refractivity contribution in [2.75, 3.05) is 25.8 Å². The van der Waals surface area contributed by atoms with Crippen LogP contribution in [-0.4, -0.2) is 32.4 Å². The predicted molar refractivity (Wildman–Crippen MR) is 92.5 cm³/mol. The van der Waals surface area contributed by atoms with Gasteiger partial charge in [-0.2, -0.15) is 0 Å². The van der Waals surface area contributed by atoms with Gasteiger partial charge in [0.25, 0.3) is 0 Å². The molecule has 0 aromatic heterocycles. The van der Waals surface area contributed by atoms with Gasteiger partial charge in [-0.25, -0.2) is 4.79 Å². The highest BCUT2D eigenvalue weighted by Crippen LogP contribution is 2.35. The molecule has 1 aromatic rings. The third-order valence-electron chi connectivity index (χ3n) is 3.38. The Morgan fingerprint density at radius 1 is 1.17 bits per heavy atom. The summed E-state index contributed by atoms with van der Waals surface area (Å²) in [6, 6.07) is 1.85. The Kier molecular flexibility index (Phi) is 6.78. The third kappa shape index (κ3) is 4.71. The molecule has 24 heavy (non-hydrogen) atoms. The van der Waals surface area contributed by atoms with Gasteiger partial charge in [0.05, 0.1) is 12.3 Å². The van der Waals surface area contributed by atoms with Crippen LogP contribution < -0.4 is 10.1 Å². The zero-order valence-electron chi connectivity index (χ0n) is 15.5. The van der Waals surface area contributed by atoms with Crippen molar-refractivity contribution in [2.24, 2.45) is 5.41 Å². The number of ether oxygens (including phenoxy) is 3. The number of aryl methyl sites for hydroxylation is 2. The summed E-state index contributed by atoms with van der Waals surface area (Å²) in [4.78, 5) is 24.9. The smallest absolute Gasteiger partial charge is 0.344 e. The second kappa shape index (κ2) is 8.15. The number of carbonyl (C=O) groups excluding carboxylic acids is 2. The van der Waals surface area contributed by atoms with Crippen molar-refractivity contribution in [1.29, 1.82) is 0 Å². The molecule has 0 aliphatic carbocycles. The number of nitrogens with one attached hydrogen (secondary N) is 1. The Hall–Kier alpha value is -2.08. The summed E-state index contributed by atoms with van der Waals surface area (Å²) >= 11 is 0. The molecule has 0 spiro atoms. The first-order valence-corrected chi connectivity index (χ1v) is 7.88. The summed E-state index contributed by atoms with van der Waals surface area (Å²) in [5, 5.41) is 2.84. The highest BCUT2D eigenvalue weighted by Gasteiger charge is 2.28. The van der Waals surface area contributed by atoms with Crippen LogP contribution in [-0.2, 0) is 14.3 Å². The quantitative estimate of drug-likeness (QED) is 0.636. The third-order valence-corrected chi connectivity index (χ3v) is 3.38. The summed E-state index contributed by atoms with van der Waals surface area (Å²) < 4.78 is 15.7. The van der Waals surface area contributed by atoms with Crippen LogP contribution >= 0.6 is 0 Å². The van der Waals surface area contributed by atoms with Gasteiger partial charge in [-0.15, -0.1) is 0 Å². The molecule has 0 heterocycles. The molecule has 0 radical (unpaired) electrons. The molecule has 0 saturated carbocycles. The molecule has 0 unspecified atom stereocenters. The number of esters is 1. The number of hydrogen-bond donors (Lipinski definition) is 1. The summed E-state index contributed by atoms with van der Waals surface area (Å²) in [7, 11) is 1.50. The molecule has 0 atom stereocenters. The van der Waals surface area contributed by atoms with Gasteiger partial charge in [-0.05, 0) is 31.9 Å². The number of anilines is 1. The van der Waals surface area contributed by atoms with Gasteiger partial charge in [-0.3, -0.25) is 4.79 Å². The van der Waals surface area contributed by atoms with Crippen LogP contribution in [0.1, 0.15) is 49.2 Å². The van der Waals surface area contributed by atoms with E-state index < -0.39 is 11.4 Å². The van der Waals surface area contributed by atoms with Crippen LogP contribution in [0.3, 0.4) is 0 Å². The topological polar surface area (TPSA) is 73.9 Å². The lowest BCUT2D eigenvalue weighted by atomic mass is 9.94. The average Bonchev–Trinajstić information content (AvgIpc) is 2.47. The molecule has 1 aromatic carbocycles. The number of hydrogen-bond acceptors (Lipinski definition) is 5. The molecular weight excluding hydrogens is 310 g/mol. The maximum absolute atomic E-state index is 12.5. The highest BCUT2D eigenvalue weighted by atomic mass is 16.7. The van der Waals surface area contributed by atoms with Crippen molar-refractivity contribution in [3.8, 4) is 5.75 Å². The van der Waals surface area contributed by atoms with Crippen LogP contribution in [0.2, 0.25) is 0 Å². The summed E-state index contributed by atoms with van der Waals surface area (Å²) in [5.41, 5.74) is 1.55. The van der Waals surface area contributed by atoms with Gasteiger partial charge in [0, 0.05) is 12.5 Å². The molecule has 0 fully saturated rings. The van der Waals surface area contributed by atoms with E-state index in [-0.39, 0.29) is 24.9 Å². The van der Waals surface area contributed by atoms with Crippen LogP contribution in [0.4, 0.5) is 5.69 Å². The van der Waals surface area contributed by atoms with E-state index in [1.54, 1.807) is 27.7 Å². The summed E-state index contributed by atoms with van der Waals surface area (Å²) in [6.07, 6.45) is 0. The van der Waals surface area contributed by atoms with Gasteiger partial charge >= 0.3 is 5.97 Å². The van der Waals surface area contributed by atoms with E-state index >= 15 is 0 Å². The van der Waals surface area contributed by atoms with E-state index in [9.17, 15) is 9.59 Å². The number of carbonyl (C=O) groups is 2. The van der Waals surface area contributed by atoms with Gasteiger partial charge in [0.2, 0.25) is 5.91 Å². The van der Waals surface area contributed by atoms with Crippen molar-refractivity contribution in [1.82, 2.24) is 0 Å². The highest BCUT2D eigenvalue weighted by molar-refractivity contribution is 6.05. The van der Waals surface area contributed by atoms with Gasteiger partial charge < -0.3 is 19.5 Å². The van der Waals surface area contributed by atoms with E-state index in [0.717, 1.165) is 11.1 Å². The maximum atomic E-state index is 12.5. The minimum atomic E-state index is -0.600. The number of rotatable bonds is 6. The SMILES string of the molecule is CCOC(=O)c1c(NC(=O)C(C)(C)C)c(C)cc(C)c1OCOC. The summed E-state index contributed by atoms with van der Waals surface area (Å²) in [6.45, 7) is 11.0. The molecule has 0 saturated heterocycles. The van der Waals surface area contributed by atoms with Crippen molar-refractivity contribution < 1.29 is 23.8 Å². The number of amides is 1. The Morgan fingerprint density at radius 2 is 1.79 bits per heavy atom. The molecule has 0 aliphatic rings. The molecule has 6 nitrogen and oxygen atoms in total. The van der Waals surface area contributed by atoms with Gasteiger partial charge in [0.1, 0.15) is 11.3 Å². The van der Waals surface area contributed by atoms with Gasteiger partial charge in [0.15, 0.2) is 6.79 Å². The lowest BCUT2D eigenvalue weighted by Gasteiger charge is -2.23. The average molecular weight is 337 g/mol. The maximum Gasteiger partial charge on any atom is 0.344 e. The van der Waals surface area contributed by atoms with Gasteiger partial charge in [-0.1, -0.05) is 26.8 Å². The fraction of sp³-hybridized carbons (Fsp3) is 0.556. The van der Waals surface area contributed by atoms with Crippen molar-refractivity contribution in [2.45, 2.75) is 41.5 Å². The Morgan fingerprint density at radius 3 is 2.29 bits per heavy atom. The monoisotopic (exact) mass is 337 g/mol. The molecule has 134 valence electrons. The zero-order chi connectivity index (χ0) is 18.5. The van der Waals surface area contributed by atoms with E-state index in [1.807, 2.05) is 19.9 Å². The molecular formula is C18H27NO5. The first-order chi connectivity index (χ1) is 11.1. The van der Waals surface area contributed by atoms with Crippen LogP contribution in [0.15, 0.2) is 6.07 Å². The minimum Gasteiger partial charge on any atom is -0.466 e. The first-order valence-electron chi connectivity index (χ1n) is 7.88. The number of methoxy groups -OCH3 is 1. The molecule has 1 N–H and O–H groups in total. The molecule has 0 bridgehead atoms. The Bertz CT molecular complexity index is 617. The minimum absolute atomic E-state index is 0.0109. The van der Waals surface area contributed by atoms with E-state index in [0.29, 0.717) is 11.4 Å². The van der Waals surface area contributed by atoms with E-state index in [1.165, 1.54) is 7.11 Å². The van der Waals surface area contributed by atoms with E-state index in [2.05, 4.69) is 5.32 Å². The largest absolute Gasteiger partial charge is 0.466 e. The summed E-state index contributed by atoms with van der Waals surface area (Å²) in [5.74, 6) is -0.387. The standard InChI is InChI=1S/C18H27NO5/c1-8-23-16(20)13-14(19-17(21)18(4,5)6)11(2)9-12(3)15(13)24-10-22-7/h9H,8,10H2,1-7H3,(H,19,21). The Labute approximate surface area is 143 Å². The normalized spacial score (nSPS) is 11.1. The fourth-order valence-electron chi connectivity index (χ4n) is 2.13. The second-order valence-electron chi connectivity index (χ2n) is 6.56. The Balaban J connectivity index is 3.48.